The fraction of sp³-hybridized carbons (Fsp3) is 0.444. The van der Waals surface area contributed by atoms with Crippen molar-refractivity contribution in [1.82, 2.24) is 19.6 Å². The molecule has 0 fully saturated rings. The topological polar surface area (TPSA) is 50.6 Å². The maximum absolute atomic E-state index is 13.0. The number of amides is 1. The van der Waals surface area contributed by atoms with E-state index in [2.05, 4.69) is 10.00 Å². The van der Waals surface area contributed by atoms with Crippen LogP contribution in [0.15, 0.2) is 24.3 Å². The van der Waals surface area contributed by atoms with Crippen LogP contribution < -0.4 is 4.74 Å². The lowest BCUT2D eigenvalue weighted by molar-refractivity contribution is 0.0745. The zero-order chi connectivity index (χ0) is 17.3. The number of likely N-dealkylation sites (N-methyl/N-ethyl adjacent to an activating group) is 2. The van der Waals surface area contributed by atoms with E-state index in [1.807, 2.05) is 57.2 Å². The van der Waals surface area contributed by atoms with Crippen LogP contribution in [0.3, 0.4) is 0 Å². The maximum Gasteiger partial charge on any atom is 0.274 e. The summed E-state index contributed by atoms with van der Waals surface area (Å²) in [4.78, 5) is 16.9. The van der Waals surface area contributed by atoms with Gasteiger partial charge in [-0.3, -0.25) is 9.48 Å². The Morgan fingerprint density at radius 1 is 1.29 bits per heavy atom. The Morgan fingerprint density at radius 3 is 2.75 bits per heavy atom. The number of nitrogens with zero attached hydrogens (tertiary/aromatic N) is 4. The maximum atomic E-state index is 13.0. The first kappa shape index (κ1) is 16.5. The average Bonchev–Trinajstić information content (AvgIpc) is 2.92. The second-order valence-corrected chi connectivity index (χ2v) is 6.27. The van der Waals surface area contributed by atoms with Gasteiger partial charge < -0.3 is 14.5 Å². The number of fused-ring (bicyclic) bond motifs is 3. The predicted octanol–water partition coefficient (Wildman–Crippen LogP) is 2.00. The summed E-state index contributed by atoms with van der Waals surface area (Å²) in [5.74, 6) is 0.811. The van der Waals surface area contributed by atoms with E-state index >= 15 is 0 Å². The molecule has 0 radical (unpaired) electrons. The van der Waals surface area contributed by atoms with Crippen LogP contribution in [-0.4, -0.2) is 59.2 Å². The highest BCUT2D eigenvalue weighted by molar-refractivity contribution is 5.96. The lowest BCUT2D eigenvalue weighted by Crippen LogP contribution is -2.37. The summed E-state index contributed by atoms with van der Waals surface area (Å²) in [6, 6.07) is 7.88. The zero-order valence-corrected chi connectivity index (χ0v) is 14.7. The van der Waals surface area contributed by atoms with Crippen LogP contribution >= 0.6 is 0 Å². The van der Waals surface area contributed by atoms with Crippen molar-refractivity contribution in [2.75, 3.05) is 33.7 Å². The highest BCUT2D eigenvalue weighted by atomic mass is 16.5. The second-order valence-electron chi connectivity index (χ2n) is 6.27. The minimum absolute atomic E-state index is 0.0285. The van der Waals surface area contributed by atoms with Gasteiger partial charge in [0.15, 0.2) is 5.69 Å². The number of ether oxygens (including phenoxy) is 1. The molecular weight excluding hydrogens is 304 g/mol. The van der Waals surface area contributed by atoms with Gasteiger partial charge in [0, 0.05) is 37.8 Å². The highest BCUT2D eigenvalue weighted by Gasteiger charge is 2.29. The first-order valence-corrected chi connectivity index (χ1v) is 8.25. The molecule has 0 unspecified atom stereocenters. The van der Waals surface area contributed by atoms with E-state index in [4.69, 9.17) is 4.74 Å². The summed E-state index contributed by atoms with van der Waals surface area (Å²) in [5.41, 5.74) is 3.35. The summed E-state index contributed by atoms with van der Waals surface area (Å²) in [6.07, 6.45) is 0. The molecule has 1 aromatic heterocycles. The Labute approximate surface area is 142 Å². The van der Waals surface area contributed by atoms with Crippen molar-refractivity contribution in [3.8, 4) is 17.0 Å². The number of benzene rings is 1. The van der Waals surface area contributed by atoms with Gasteiger partial charge in [-0.2, -0.15) is 5.10 Å². The molecule has 2 aromatic rings. The van der Waals surface area contributed by atoms with Crippen molar-refractivity contribution < 1.29 is 9.53 Å². The second kappa shape index (κ2) is 6.65. The lowest BCUT2D eigenvalue weighted by Gasteiger charge is -2.23. The predicted molar refractivity (Wildman–Crippen MR) is 93.1 cm³/mol. The molecular formula is C18H24N4O2. The van der Waals surface area contributed by atoms with Crippen molar-refractivity contribution in [1.29, 1.82) is 0 Å². The van der Waals surface area contributed by atoms with E-state index < -0.39 is 0 Å². The Morgan fingerprint density at radius 2 is 2.04 bits per heavy atom. The normalized spacial score (nSPS) is 12.5. The van der Waals surface area contributed by atoms with Gasteiger partial charge in [-0.1, -0.05) is 12.1 Å². The molecule has 2 heterocycles. The number of aryl methyl sites for hydroxylation is 1. The highest BCUT2D eigenvalue weighted by Crippen LogP contribution is 2.38. The number of para-hydroxylation sites is 1. The van der Waals surface area contributed by atoms with Crippen LogP contribution in [0.4, 0.5) is 0 Å². The minimum Gasteiger partial charge on any atom is -0.488 e. The number of hydrogen-bond donors (Lipinski definition) is 0. The minimum atomic E-state index is -0.0285. The Hall–Kier alpha value is -2.34. The van der Waals surface area contributed by atoms with E-state index in [-0.39, 0.29) is 5.91 Å². The Kier molecular flexibility index (Phi) is 4.57. The van der Waals surface area contributed by atoms with Gasteiger partial charge in [0.05, 0.1) is 5.69 Å². The quantitative estimate of drug-likeness (QED) is 0.842. The van der Waals surface area contributed by atoms with Crippen LogP contribution in [-0.2, 0) is 13.7 Å². The van der Waals surface area contributed by atoms with Gasteiger partial charge in [-0.05, 0) is 33.2 Å². The number of hydrogen-bond acceptors (Lipinski definition) is 4. The molecule has 6 nitrogen and oxygen atoms in total. The average molecular weight is 328 g/mol. The van der Waals surface area contributed by atoms with Gasteiger partial charge in [0.2, 0.25) is 0 Å². The third-order valence-corrected chi connectivity index (χ3v) is 4.35. The van der Waals surface area contributed by atoms with E-state index in [0.29, 0.717) is 25.4 Å². The van der Waals surface area contributed by atoms with Gasteiger partial charge in [0.1, 0.15) is 12.4 Å². The van der Waals surface area contributed by atoms with Gasteiger partial charge in [-0.25, -0.2) is 0 Å². The third-order valence-electron chi connectivity index (χ3n) is 4.35. The molecule has 0 N–H and O–H groups in total. The molecule has 0 aliphatic carbocycles. The molecule has 1 aliphatic heterocycles. The molecule has 1 amide bonds. The molecule has 0 saturated heterocycles. The van der Waals surface area contributed by atoms with E-state index in [1.54, 1.807) is 4.68 Å². The summed E-state index contributed by atoms with van der Waals surface area (Å²) in [6.45, 7) is 4.55. The smallest absolute Gasteiger partial charge is 0.274 e. The molecule has 24 heavy (non-hydrogen) atoms. The van der Waals surface area contributed by atoms with Crippen molar-refractivity contribution >= 4 is 5.91 Å². The summed E-state index contributed by atoms with van der Waals surface area (Å²) >= 11 is 0. The molecule has 1 aliphatic rings. The standard InChI is InChI=1S/C18H24N4O2/c1-5-22(11-10-20(2)3)18(23)16-14-12-24-15-9-7-6-8-13(15)17(14)21(4)19-16/h6-9H,5,10-12H2,1-4H3. The number of carbonyl (C=O) groups excluding carboxylic acids is 1. The number of rotatable bonds is 5. The molecule has 0 bridgehead atoms. The first-order valence-electron chi connectivity index (χ1n) is 8.25. The van der Waals surface area contributed by atoms with Crippen molar-refractivity contribution in [3.05, 3.63) is 35.5 Å². The van der Waals surface area contributed by atoms with Crippen molar-refractivity contribution in [2.24, 2.45) is 7.05 Å². The third kappa shape index (κ3) is 2.89. The van der Waals surface area contributed by atoms with Crippen molar-refractivity contribution in [2.45, 2.75) is 13.5 Å². The fourth-order valence-corrected chi connectivity index (χ4v) is 3.03. The molecule has 128 valence electrons. The summed E-state index contributed by atoms with van der Waals surface area (Å²) < 4.78 is 7.63. The van der Waals surface area contributed by atoms with Gasteiger partial charge in [-0.15, -0.1) is 0 Å². The van der Waals surface area contributed by atoms with Gasteiger partial charge >= 0.3 is 0 Å². The molecule has 1 aromatic carbocycles. The van der Waals surface area contributed by atoms with Crippen molar-refractivity contribution in [3.63, 3.8) is 0 Å². The number of aromatic nitrogens is 2. The van der Waals surface area contributed by atoms with E-state index in [9.17, 15) is 4.79 Å². The first-order chi connectivity index (χ1) is 11.5. The van der Waals surface area contributed by atoms with E-state index in [1.165, 1.54) is 0 Å². The Bertz CT molecular complexity index is 751. The lowest BCUT2D eigenvalue weighted by atomic mass is 10.0. The van der Waals surface area contributed by atoms with Crippen LogP contribution in [0.5, 0.6) is 5.75 Å². The van der Waals surface area contributed by atoms with Crippen LogP contribution in [0, 0.1) is 0 Å². The monoisotopic (exact) mass is 328 g/mol. The van der Waals surface area contributed by atoms with E-state index in [0.717, 1.165) is 29.1 Å². The SMILES string of the molecule is CCN(CCN(C)C)C(=O)c1nn(C)c2c1COc1ccccc1-2. The number of carbonyl (C=O) groups is 1. The molecule has 6 heteroatoms. The Balaban J connectivity index is 1.95. The molecule has 3 rings (SSSR count). The van der Waals surface area contributed by atoms with Crippen LogP contribution in [0.25, 0.3) is 11.3 Å². The molecule has 0 atom stereocenters. The zero-order valence-electron chi connectivity index (χ0n) is 14.7. The largest absolute Gasteiger partial charge is 0.488 e. The van der Waals surface area contributed by atoms with Crippen LogP contribution in [0.1, 0.15) is 23.0 Å². The molecule has 0 saturated carbocycles. The van der Waals surface area contributed by atoms with Crippen LogP contribution in [0.2, 0.25) is 0 Å². The van der Waals surface area contributed by atoms with Gasteiger partial charge in [0.25, 0.3) is 5.91 Å². The molecule has 0 spiro atoms. The summed E-state index contributed by atoms with van der Waals surface area (Å²) in [5, 5.41) is 4.52. The fourth-order valence-electron chi connectivity index (χ4n) is 3.03. The summed E-state index contributed by atoms with van der Waals surface area (Å²) in [7, 11) is 5.89.